The van der Waals surface area contributed by atoms with Crippen LogP contribution in [0.1, 0.15) is 28.9 Å². The summed E-state index contributed by atoms with van der Waals surface area (Å²) >= 11 is 1.38. The summed E-state index contributed by atoms with van der Waals surface area (Å²) < 4.78 is 37.7. The number of nitrogens with zero attached hydrogens (tertiary/aromatic N) is 1. The summed E-state index contributed by atoms with van der Waals surface area (Å²) in [6.07, 6.45) is 2.08. The molecule has 1 N–H and O–H groups in total. The molecule has 1 atom stereocenters. The van der Waals surface area contributed by atoms with Crippen molar-refractivity contribution in [2.75, 3.05) is 13.2 Å². The van der Waals surface area contributed by atoms with E-state index >= 15 is 0 Å². The van der Waals surface area contributed by atoms with Gasteiger partial charge in [0.1, 0.15) is 34.7 Å². The standard InChI is InChI=1S/C22H20F2N2O3S/c23-16-6-3-15(19(24)10-16)12-29-17-7-4-14(5-8-17)22-26-20(13-30-22)21(27)25-11-18-2-1-9-28-18/h3-8,10,13,18H,1-2,9,11-12H2,(H,25,27)/t18-/m1/s1. The van der Waals surface area contributed by atoms with Gasteiger partial charge in [0.2, 0.25) is 0 Å². The van der Waals surface area contributed by atoms with Crippen molar-refractivity contribution in [3.8, 4) is 16.3 Å². The first-order valence-corrected chi connectivity index (χ1v) is 10.5. The van der Waals surface area contributed by atoms with Crippen molar-refractivity contribution in [2.24, 2.45) is 0 Å². The second-order valence-electron chi connectivity index (χ2n) is 6.93. The largest absolute Gasteiger partial charge is 0.489 e. The van der Waals surface area contributed by atoms with E-state index < -0.39 is 11.6 Å². The lowest BCUT2D eigenvalue weighted by Gasteiger charge is -2.09. The molecule has 0 aliphatic carbocycles. The number of halogens is 2. The average Bonchev–Trinajstić information content (AvgIpc) is 3.44. The number of amides is 1. The summed E-state index contributed by atoms with van der Waals surface area (Å²) in [5.41, 5.74) is 1.50. The van der Waals surface area contributed by atoms with Crippen LogP contribution in [0, 0.1) is 11.6 Å². The third-order valence-corrected chi connectivity index (χ3v) is 5.65. The Bertz CT molecular complexity index is 1020. The lowest BCUT2D eigenvalue weighted by Crippen LogP contribution is -2.31. The van der Waals surface area contributed by atoms with E-state index in [1.54, 1.807) is 17.5 Å². The summed E-state index contributed by atoms with van der Waals surface area (Å²) in [5.74, 6) is -0.925. The third kappa shape index (κ3) is 5.01. The molecule has 0 saturated carbocycles. The van der Waals surface area contributed by atoms with E-state index in [1.165, 1.54) is 23.5 Å². The number of carbonyl (C=O) groups is 1. The molecule has 30 heavy (non-hydrogen) atoms. The molecule has 1 saturated heterocycles. The van der Waals surface area contributed by atoms with E-state index in [9.17, 15) is 13.6 Å². The number of carbonyl (C=O) groups excluding carboxylic acids is 1. The molecule has 4 rings (SSSR count). The van der Waals surface area contributed by atoms with Crippen molar-refractivity contribution < 1.29 is 23.0 Å². The zero-order valence-electron chi connectivity index (χ0n) is 16.1. The van der Waals surface area contributed by atoms with Crippen LogP contribution in [0.2, 0.25) is 0 Å². The molecule has 3 aromatic rings. The van der Waals surface area contributed by atoms with Crippen LogP contribution in [0.25, 0.3) is 10.6 Å². The molecule has 2 heterocycles. The van der Waals surface area contributed by atoms with Crippen molar-refractivity contribution in [1.82, 2.24) is 10.3 Å². The van der Waals surface area contributed by atoms with Gasteiger partial charge in [-0.3, -0.25) is 4.79 Å². The minimum Gasteiger partial charge on any atom is -0.489 e. The summed E-state index contributed by atoms with van der Waals surface area (Å²) in [6, 6.07) is 10.5. The van der Waals surface area contributed by atoms with Crippen LogP contribution in [-0.2, 0) is 11.3 Å². The first-order chi connectivity index (χ1) is 14.6. The molecule has 1 aliphatic rings. The van der Waals surface area contributed by atoms with Crippen LogP contribution >= 0.6 is 11.3 Å². The Morgan fingerprint density at radius 1 is 1.23 bits per heavy atom. The predicted molar refractivity (Wildman–Crippen MR) is 110 cm³/mol. The van der Waals surface area contributed by atoms with Gasteiger partial charge in [0.25, 0.3) is 5.91 Å². The van der Waals surface area contributed by atoms with Gasteiger partial charge in [-0.2, -0.15) is 0 Å². The molecule has 0 bridgehead atoms. The van der Waals surface area contributed by atoms with E-state index in [1.807, 2.05) is 12.1 Å². The van der Waals surface area contributed by atoms with E-state index in [4.69, 9.17) is 9.47 Å². The summed E-state index contributed by atoms with van der Waals surface area (Å²) in [6.45, 7) is 1.24. The summed E-state index contributed by atoms with van der Waals surface area (Å²) in [5, 5.41) is 5.30. The Kier molecular flexibility index (Phi) is 6.35. The maximum Gasteiger partial charge on any atom is 0.270 e. The first kappa shape index (κ1) is 20.4. The van der Waals surface area contributed by atoms with Gasteiger partial charge in [0.05, 0.1) is 6.10 Å². The molecule has 1 aromatic heterocycles. The fraction of sp³-hybridized carbons (Fsp3) is 0.273. The lowest BCUT2D eigenvalue weighted by atomic mass is 10.2. The summed E-state index contributed by atoms with van der Waals surface area (Å²) in [7, 11) is 0. The van der Waals surface area contributed by atoms with Gasteiger partial charge in [-0.05, 0) is 49.2 Å². The maximum absolute atomic E-state index is 13.7. The fourth-order valence-electron chi connectivity index (χ4n) is 3.11. The van der Waals surface area contributed by atoms with Gasteiger partial charge in [-0.25, -0.2) is 13.8 Å². The van der Waals surface area contributed by atoms with Crippen molar-refractivity contribution >= 4 is 17.2 Å². The van der Waals surface area contributed by atoms with Crippen molar-refractivity contribution in [3.05, 3.63) is 70.7 Å². The van der Waals surface area contributed by atoms with Crippen LogP contribution in [0.4, 0.5) is 8.78 Å². The highest BCUT2D eigenvalue weighted by Gasteiger charge is 2.18. The molecular formula is C22H20F2N2O3S. The topological polar surface area (TPSA) is 60.5 Å². The third-order valence-electron chi connectivity index (χ3n) is 4.76. The minimum absolute atomic E-state index is 0.00224. The zero-order valence-corrected chi connectivity index (χ0v) is 16.9. The predicted octanol–water partition coefficient (Wildman–Crippen LogP) is 4.58. The number of aromatic nitrogens is 1. The molecule has 0 unspecified atom stereocenters. The van der Waals surface area contributed by atoms with E-state index in [0.29, 0.717) is 23.0 Å². The van der Waals surface area contributed by atoms with Gasteiger partial charge in [0, 0.05) is 35.7 Å². The van der Waals surface area contributed by atoms with Gasteiger partial charge in [-0.1, -0.05) is 0 Å². The normalized spacial score (nSPS) is 15.9. The van der Waals surface area contributed by atoms with Gasteiger partial charge < -0.3 is 14.8 Å². The Hall–Kier alpha value is -2.84. The van der Waals surface area contributed by atoms with Crippen molar-refractivity contribution in [3.63, 3.8) is 0 Å². The zero-order chi connectivity index (χ0) is 20.9. The second kappa shape index (κ2) is 9.32. The second-order valence-corrected chi connectivity index (χ2v) is 7.79. The molecule has 1 fully saturated rings. The van der Waals surface area contributed by atoms with E-state index in [2.05, 4.69) is 10.3 Å². The van der Waals surface area contributed by atoms with E-state index in [0.717, 1.165) is 31.1 Å². The molecule has 0 spiro atoms. The Morgan fingerprint density at radius 2 is 2.07 bits per heavy atom. The molecule has 5 nitrogen and oxygen atoms in total. The van der Waals surface area contributed by atoms with Crippen LogP contribution < -0.4 is 10.1 Å². The maximum atomic E-state index is 13.7. The number of hydrogen-bond acceptors (Lipinski definition) is 5. The number of rotatable bonds is 7. The SMILES string of the molecule is O=C(NC[C@H]1CCCO1)c1csc(-c2ccc(OCc3ccc(F)cc3F)cc2)n1. The highest BCUT2D eigenvalue weighted by molar-refractivity contribution is 7.13. The highest BCUT2D eigenvalue weighted by Crippen LogP contribution is 2.26. The van der Waals surface area contributed by atoms with Crippen LogP contribution in [0.15, 0.2) is 47.8 Å². The molecule has 8 heteroatoms. The quantitative estimate of drug-likeness (QED) is 0.596. The average molecular weight is 430 g/mol. The van der Waals surface area contributed by atoms with Crippen LogP contribution in [0.3, 0.4) is 0 Å². The van der Waals surface area contributed by atoms with Crippen molar-refractivity contribution in [2.45, 2.75) is 25.6 Å². The van der Waals surface area contributed by atoms with Gasteiger partial charge in [-0.15, -0.1) is 11.3 Å². The molecular weight excluding hydrogens is 410 g/mol. The van der Waals surface area contributed by atoms with Crippen LogP contribution in [-0.4, -0.2) is 30.1 Å². The minimum atomic E-state index is -0.639. The Morgan fingerprint density at radius 3 is 2.80 bits per heavy atom. The molecule has 2 aromatic carbocycles. The highest BCUT2D eigenvalue weighted by atomic mass is 32.1. The van der Waals surface area contributed by atoms with Crippen LogP contribution in [0.5, 0.6) is 5.75 Å². The molecule has 0 radical (unpaired) electrons. The first-order valence-electron chi connectivity index (χ1n) is 9.61. The monoisotopic (exact) mass is 430 g/mol. The van der Waals surface area contributed by atoms with Gasteiger partial charge in [0.15, 0.2) is 0 Å². The molecule has 1 aliphatic heterocycles. The Balaban J connectivity index is 1.34. The number of thiazole rings is 1. The number of benzene rings is 2. The van der Waals surface area contributed by atoms with Crippen molar-refractivity contribution in [1.29, 1.82) is 0 Å². The molecule has 1 amide bonds. The molecule has 156 valence electrons. The fourth-order valence-corrected chi connectivity index (χ4v) is 3.91. The lowest BCUT2D eigenvalue weighted by molar-refractivity contribution is 0.0854. The Labute approximate surface area is 176 Å². The number of nitrogens with one attached hydrogen (secondary N) is 1. The number of ether oxygens (including phenoxy) is 2. The van der Waals surface area contributed by atoms with Gasteiger partial charge >= 0.3 is 0 Å². The number of hydrogen-bond donors (Lipinski definition) is 1. The summed E-state index contributed by atoms with van der Waals surface area (Å²) in [4.78, 5) is 16.7. The van der Waals surface area contributed by atoms with E-state index in [-0.39, 0.29) is 24.2 Å². The smallest absolute Gasteiger partial charge is 0.270 e.